The van der Waals surface area contributed by atoms with E-state index < -0.39 is 5.97 Å². The highest BCUT2D eigenvalue weighted by molar-refractivity contribution is 5.94. The van der Waals surface area contributed by atoms with Crippen LogP contribution in [0.15, 0.2) is 76.2 Å². The molecule has 3 rings (SSSR count). The zero-order chi connectivity index (χ0) is 17.6. The summed E-state index contributed by atoms with van der Waals surface area (Å²) in [6.07, 6.45) is 1.40. The van der Waals surface area contributed by atoms with Gasteiger partial charge in [-0.2, -0.15) is 5.10 Å². The summed E-state index contributed by atoms with van der Waals surface area (Å²) < 4.78 is 5.61. The van der Waals surface area contributed by atoms with Crippen molar-refractivity contribution < 1.29 is 19.1 Å². The first kappa shape index (κ1) is 16.2. The number of carbonyl (C=O) groups is 2. The van der Waals surface area contributed by atoms with Crippen molar-refractivity contribution in [3.05, 3.63) is 83.6 Å². The van der Waals surface area contributed by atoms with Crippen LogP contribution >= 0.6 is 0 Å². The molecule has 6 nitrogen and oxygen atoms in total. The van der Waals surface area contributed by atoms with E-state index in [0.29, 0.717) is 17.1 Å². The van der Waals surface area contributed by atoms with Crippen molar-refractivity contribution in [2.24, 2.45) is 5.10 Å². The van der Waals surface area contributed by atoms with Gasteiger partial charge in [-0.05, 0) is 36.4 Å². The van der Waals surface area contributed by atoms with E-state index in [4.69, 9.17) is 9.52 Å². The van der Waals surface area contributed by atoms with E-state index in [0.717, 1.165) is 5.56 Å². The number of nitrogens with zero attached hydrogens (tertiary/aromatic N) is 1. The number of benzene rings is 2. The Hall–Kier alpha value is -3.67. The minimum Gasteiger partial charge on any atom is -0.478 e. The van der Waals surface area contributed by atoms with Gasteiger partial charge in [0.05, 0.1) is 11.8 Å². The van der Waals surface area contributed by atoms with Crippen molar-refractivity contribution in [2.75, 3.05) is 0 Å². The lowest BCUT2D eigenvalue weighted by atomic mass is 10.1. The average Bonchev–Trinajstić information content (AvgIpc) is 3.11. The SMILES string of the molecule is O=C(O)c1ccc(-c2ccc(/C=N/NC(=O)c3ccccc3)o2)cc1. The second-order valence-corrected chi connectivity index (χ2v) is 5.15. The molecule has 3 aromatic rings. The summed E-state index contributed by atoms with van der Waals surface area (Å²) >= 11 is 0. The van der Waals surface area contributed by atoms with Gasteiger partial charge in [0.15, 0.2) is 0 Å². The van der Waals surface area contributed by atoms with Gasteiger partial charge in [-0.1, -0.05) is 30.3 Å². The molecule has 2 aromatic carbocycles. The summed E-state index contributed by atoms with van der Waals surface area (Å²) in [5, 5.41) is 12.8. The Balaban J connectivity index is 1.65. The Labute approximate surface area is 143 Å². The van der Waals surface area contributed by atoms with Crippen LogP contribution in [0.4, 0.5) is 0 Å². The maximum absolute atomic E-state index is 11.8. The van der Waals surface area contributed by atoms with Crippen molar-refractivity contribution in [2.45, 2.75) is 0 Å². The Morgan fingerprint density at radius 3 is 2.32 bits per heavy atom. The first-order valence-electron chi connectivity index (χ1n) is 7.45. The summed E-state index contributed by atoms with van der Waals surface area (Å²) in [4.78, 5) is 22.7. The van der Waals surface area contributed by atoms with Gasteiger partial charge in [-0.25, -0.2) is 10.2 Å². The summed E-state index contributed by atoms with van der Waals surface area (Å²) in [7, 11) is 0. The lowest BCUT2D eigenvalue weighted by Gasteiger charge is -1.99. The Morgan fingerprint density at radius 2 is 1.64 bits per heavy atom. The smallest absolute Gasteiger partial charge is 0.335 e. The van der Waals surface area contributed by atoms with Crippen molar-refractivity contribution in [3.63, 3.8) is 0 Å². The number of carboxylic acids is 1. The van der Waals surface area contributed by atoms with Crippen molar-refractivity contribution in [1.29, 1.82) is 0 Å². The van der Waals surface area contributed by atoms with Gasteiger partial charge in [-0.3, -0.25) is 4.79 Å². The molecule has 0 bridgehead atoms. The minimum atomic E-state index is -0.979. The van der Waals surface area contributed by atoms with Crippen LogP contribution in [0.1, 0.15) is 26.5 Å². The molecule has 0 saturated heterocycles. The maximum Gasteiger partial charge on any atom is 0.335 e. The molecule has 25 heavy (non-hydrogen) atoms. The van der Waals surface area contributed by atoms with Crippen LogP contribution in [0.5, 0.6) is 0 Å². The molecule has 2 N–H and O–H groups in total. The first-order chi connectivity index (χ1) is 12.1. The number of furan rings is 1. The molecular formula is C19H14N2O4. The van der Waals surface area contributed by atoms with E-state index in [9.17, 15) is 9.59 Å². The van der Waals surface area contributed by atoms with E-state index in [1.54, 1.807) is 48.5 Å². The molecule has 0 saturated carbocycles. The van der Waals surface area contributed by atoms with Gasteiger partial charge in [0.2, 0.25) is 0 Å². The zero-order valence-corrected chi connectivity index (χ0v) is 13.0. The third kappa shape index (κ3) is 4.00. The Kier molecular flexibility index (Phi) is 4.71. The number of aromatic carboxylic acids is 1. The molecule has 0 aliphatic heterocycles. The quantitative estimate of drug-likeness (QED) is 0.552. The summed E-state index contributed by atoms with van der Waals surface area (Å²) in [5.74, 6) is -0.251. The van der Waals surface area contributed by atoms with Crippen LogP contribution in [-0.4, -0.2) is 23.2 Å². The third-order valence-corrected chi connectivity index (χ3v) is 3.44. The molecule has 1 heterocycles. The molecule has 1 amide bonds. The maximum atomic E-state index is 11.8. The predicted octanol–water partition coefficient (Wildman–Crippen LogP) is 3.41. The van der Waals surface area contributed by atoms with Gasteiger partial charge in [0, 0.05) is 11.1 Å². The fraction of sp³-hybridized carbons (Fsp3) is 0. The average molecular weight is 334 g/mol. The van der Waals surface area contributed by atoms with Gasteiger partial charge in [0.25, 0.3) is 5.91 Å². The summed E-state index contributed by atoms with van der Waals surface area (Å²) in [6.45, 7) is 0. The van der Waals surface area contributed by atoms with Crippen LogP contribution in [-0.2, 0) is 0 Å². The van der Waals surface area contributed by atoms with Gasteiger partial charge in [-0.15, -0.1) is 0 Å². The van der Waals surface area contributed by atoms with Crippen molar-refractivity contribution in [3.8, 4) is 11.3 Å². The molecule has 0 atom stereocenters. The number of hydrogen-bond acceptors (Lipinski definition) is 4. The summed E-state index contributed by atoms with van der Waals surface area (Å²) in [6, 6.07) is 18.6. The fourth-order valence-corrected chi connectivity index (χ4v) is 2.16. The number of hydrogen-bond donors (Lipinski definition) is 2. The fourth-order valence-electron chi connectivity index (χ4n) is 2.16. The lowest BCUT2D eigenvalue weighted by molar-refractivity contribution is 0.0696. The largest absolute Gasteiger partial charge is 0.478 e. The number of hydrazone groups is 1. The van der Waals surface area contributed by atoms with Gasteiger partial charge >= 0.3 is 5.97 Å². The van der Waals surface area contributed by atoms with Crippen LogP contribution < -0.4 is 5.43 Å². The second-order valence-electron chi connectivity index (χ2n) is 5.15. The van der Waals surface area contributed by atoms with Crippen LogP contribution in [0.25, 0.3) is 11.3 Å². The number of rotatable bonds is 5. The topological polar surface area (TPSA) is 91.9 Å². The molecule has 0 unspecified atom stereocenters. The van der Waals surface area contributed by atoms with E-state index in [1.807, 2.05) is 6.07 Å². The van der Waals surface area contributed by atoms with Crippen LogP contribution in [0.2, 0.25) is 0 Å². The molecule has 0 radical (unpaired) electrons. The van der Waals surface area contributed by atoms with Gasteiger partial charge < -0.3 is 9.52 Å². The molecular weight excluding hydrogens is 320 g/mol. The molecule has 6 heteroatoms. The lowest BCUT2D eigenvalue weighted by Crippen LogP contribution is -2.17. The second kappa shape index (κ2) is 7.27. The summed E-state index contributed by atoms with van der Waals surface area (Å²) in [5.41, 5.74) is 3.89. The highest BCUT2D eigenvalue weighted by atomic mass is 16.4. The van der Waals surface area contributed by atoms with Crippen molar-refractivity contribution in [1.82, 2.24) is 5.43 Å². The Morgan fingerprint density at radius 1 is 0.920 bits per heavy atom. The molecule has 0 spiro atoms. The first-order valence-corrected chi connectivity index (χ1v) is 7.45. The number of nitrogens with one attached hydrogen (secondary N) is 1. The number of amides is 1. The third-order valence-electron chi connectivity index (χ3n) is 3.44. The molecule has 0 aliphatic rings. The van der Waals surface area contributed by atoms with Crippen LogP contribution in [0.3, 0.4) is 0 Å². The van der Waals surface area contributed by atoms with Crippen LogP contribution in [0, 0.1) is 0 Å². The highest BCUT2D eigenvalue weighted by Crippen LogP contribution is 2.22. The zero-order valence-electron chi connectivity index (χ0n) is 13.0. The minimum absolute atomic E-state index is 0.209. The van der Waals surface area contributed by atoms with Crippen molar-refractivity contribution >= 4 is 18.1 Å². The predicted molar refractivity (Wildman–Crippen MR) is 92.6 cm³/mol. The van der Waals surface area contributed by atoms with Gasteiger partial charge in [0.1, 0.15) is 11.5 Å². The number of carbonyl (C=O) groups excluding carboxylic acids is 1. The molecule has 124 valence electrons. The van der Waals surface area contributed by atoms with E-state index in [2.05, 4.69) is 10.5 Å². The standard InChI is InChI=1S/C19H14N2O4/c22-18(14-4-2-1-3-5-14)21-20-12-16-10-11-17(25-16)13-6-8-15(9-7-13)19(23)24/h1-12H,(H,21,22)(H,23,24)/b20-12+. The monoisotopic (exact) mass is 334 g/mol. The molecule has 1 aromatic heterocycles. The van der Waals surface area contributed by atoms with E-state index in [-0.39, 0.29) is 11.5 Å². The highest BCUT2D eigenvalue weighted by Gasteiger charge is 2.07. The molecule has 0 aliphatic carbocycles. The molecule has 0 fully saturated rings. The van der Waals surface area contributed by atoms with E-state index in [1.165, 1.54) is 18.3 Å². The van der Waals surface area contributed by atoms with E-state index >= 15 is 0 Å². The normalized spacial score (nSPS) is 10.7. The Bertz CT molecular complexity index is 912. The number of carboxylic acid groups (broad SMARTS) is 1.